The van der Waals surface area contributed by atoms with Crippen molar-refractivity contribution in [1.29, 1.82) is 0 Å². The monoisotopic (exact) mass is 416 g/mol. The first kappa shape index (κ1) is 21.3. The van der Waals surface area contributed by atoms with Crippen LogP contribution in [0.3, 0.4) is 0 Å². The number of aliphatic carboxylic acids is 1. The van der Waals surface area contributed by atoms with E-state index < -0.39 is 12.1 Å². The number of piperidine rings is 1. The molecule has 160 valence electrons. The largest absolute Gasteiger partial charge is 0.490 e. The Labute approximate surface area is 165 Å². The minimum atomic E-state index is -5.08. The second-order valence-electron chi connectivity index (χ2n) is 7.43. The first-order chi connectivity index (χ1) is 13.7. The third-order valence-corrected chi connectivity index (χ3v) is 5.18. The summed E-state index contributed by atoms with van der Waals surface area (Å²) in [4.78, 5) is 31.9. The average Bonchev–Trinajstić information content (AvgIpc) is 3.42. The topological polar surface area (TPSA) is 105 Å². The summed E-state index contributed by atoms with van der Waals surface area (Å²) < 4.78 is 37.8. The number of anilines is 1. The molecule has 2 N–H and O–H groups in total. The predicted octanol–water partition coefficient (Wildman–Crippen LogP) is 1.62. The fourth-order valence-electron chi connectivity index (χ4n) is 3.42. The van der Waals surface area contributed by atoms with Crippen LogP contribution in [0.15, 0.2) is 18.5 Å². The zero-order chi connectivity index (χ0) is 21.0. The summed E-state index contributed by atoms with van der Waals surface area (Å²) in [7, 11) is 0. The van der Waals surface area contributed by atoms with E-state index >= 15 is 0 Å². The lowest BCUT2D eigenvalue weighted by molar-refractivity contribution is -0.192. The van der Waals surface area contributed by atoms with Crippen molar-refractivity contribution in [3.8, 4) is 0 Å². The van der Waals surface area contributed by atoms with E-state index in [4.69, 9.17) is 14.6 Å². The van der Waals surface area contributed by atoms with Crippen molar-refractivity contribution in [3.05, 3.63) is 18.5 Å². The molecule has 3 fully saturated rings. The molecule has 0 aromatic carbocycles. The molecule has 3 aliphatic rings. The maximum Gasteiger partial charge on any atom is 0.490 e. The summed E-state index contributed by atoms with van der Waals surface area (Å²) in [5, 5.41) is 10.2. The Balaban J connectivity index is 0.000000298. The average molecular weight is 416 g/mol. The molecule has 3 heterocycles. The normalized spacial score (nSPS) is 26.2. The number of carbonyl (C=O) groups excluding carboxylic acids is 1. The van der Waals surface area contributed by atoms with Gasteiger partial charge in [-0.15, -0.1) is 0 Å². The molecule has 4 rings (SSSR count). The number of carboxylic acids is 1. The lowest BCUT2D eigenvalue weighted by Crippen LogP contribution is -2.43. The van der Waals surface area contributed by atoms with Crippen LogP contribution < -0.4 is 10.2 Å². The molecule has 0 spiro atoms. The van der Waals surface area contributed by atoms with Crippen molar-refractivity contribution < 1.29 is 32.6 Å². The molecule has 1 aliphatic carbocycles. The summed E-state index contributed by atoms with van der Waals surface area (Å²) in [5.41, 5.74) is 0. The van der Waals surface area contributed by atoms with E-state index in [2.05, 4.69) is 20.2 Å². The van der Waals surface area contributed by atoms with Gasteiger partial charge in [0.1, 0.15) is 6.10 Å². The number of amides is 1. The quantitative estimate of drug-likeness (QED) is 0.769. The Hall–Kier alpha value is -2.43. The van der Waals surface area contributed by atoms with Crippen LogP contribution in [0.4, 0.5) is 19.1 Å². The minimum Gasteiger partial charge on any atom is -0.475 e. The Morgan fingerprint density at radius 1 is 1.24 bits per heavy atom. The first-order valence-corrected chi connectivity index (χ1v) is 9.49. The Morgan fingerprint density at radius 3 is 2.48 bits per heavy atom. The minimum absolute atomic E-state index is 0.0730. The number of ether oxygens (including phenoxy) is 1. The van der Waals surface area contributed by atoms with Crippen LogP contribution in [0.5, 0.6) is 0 Å². The van der Waals surface area contributed by atoms with Crippen molar-refractivity contribution in [2.24, 2.45) is 11.8 Å². The number of aromatic nitrogens is 2. The first-order valence-electron chi connectivity index (χ1n) is 9.49. The molecule has 0 bridgehead atoms. The van der Waals surface area contributed by atoms with E-state index in [9.17, 15) is 18.0 Å². The molecule has 3 atom stereocenters. The van der Waals surface area contributed by atoms with E-state index in [0.29, 0.717) is 11.8 Å². The second-order valence-corrected chi connectivity index (χ2v) is 7.43. The van der Waals surface area contributed by atoms with Gasteiger partial charge < -0.3 is 20.1 Å². The van der Waals surface area contributed by atoms with Crippen LogP contribution in [0.25, 0.3) is 0 Å². The number of carbonyl (C=O) groups is 2. The van der Waals surface area contributed by atoms with Crippen LogP contribution in [0, 0.1) is 11.8 Å². The molecule has 1 saturated carbocycles. The highest BCUT2D eigenvalue weighted by atomic mass is 19.4. The number of nitrogens with zero attached hydrogens (tertiary/aromatic N) is 3. The Kier molecular flexibility index (Phi) is 6.56. The number of hydrogen-bond donors (Lipinski definition) is 2. The number of halogens is 3. The number of fused-ring (bicyclic) bond motifs is 1. The predicted molar refractivity (Wildman–Crippen MR) is 95.1 cm³/mol. The smallest absolute Gasteiger partial charge is 0.475 e. The van der Waals surface area contributed by atoms with Gasteiger partial charge >= 0.3 is 12.1 Å². The van der Waals surface area contributed by atoms with Gasteiger partial charge in [0, 0.05) is 32.0 Å². The van der Waals surface area contributed by atoms with E-state index in [1.165, 1.54) is 12.8 Å². The molecule has 2 aliphatic heterocycles. The van der Waals surface area contributed by atoms with Crippen molar-refractivity contribution in [3.63, 3.8) is 0 Å². The lowest BCUT2D eigenvalue weighted by Gasteiger charge is -2.33. The molecule has 0 unspecified atom stereocenters. The summed E-state index contributed by atoms with van der Waals surface area (Å²) in [5.74, 6) is -0.738. The molecule has 1 aromatic rings. The molecule has 11 heteroatoms. The second kappa shape index (κ2) is 8.93. The molecule has 1 amide bonds. The maximum atomic E-state index is 12.2. The molecular weight excluding hydrogens is 393 g/mol. The molecule has 29 heavy (non-hydrogen) atoms. The van der Waals surface area contributed by atoms with Gasteiger partial charge in [-0.2, -0.15) is 13.2 Å². The summed E-state index contributed by atoms with van der Waals surface area (Å²) in [6.45, 7) is 2.53. The van der Waals surface area contributed by atoms with Crippen molar-refractivity contribution in [2.45, 2.75) is 44.1 Å². The Morgan fingerprint density at radius 2 is 1.90 bits per heavy atom. The van der Waals surface area contributed by atoms with E-state index in [-0.39, 0.29) is 18.1 Å². The lowest BCUT2D eigenvalue weighted by atomic mass is 9.92. The number of alkyl halides is 3. The van der Waals surface area contributed by atoms with Crippen LogP contribution in [0.2, 0.25) is 0 Å². The third kappa shape index (κ3) is 6.02. The van der Waals surface area contributed by atoms with E-state index in [1.807, 2.05) is 6.07 Å². The Bertz CT molecular complexity index is 715. The number of hydrogen-bond acceptors (Lipinski definition) is 6. The highest BCUT2D eigenvalue weighted by Gasteiger charge is 2.42. The fraction of sp³-hybridized carbons (Fsp3) is 0.667. The third-order valence-electron chi connectivity index (χ3n) is 5.18. The van der Waals surface area contributed by atoms with Crippen LogP contribution >= 0.6 is 0 Å². The zero-order valence-corrected chi connectivity index (χ0v) is 15.6. The van der Waals surface area contributed by atoms with Gasteiger partial charge in [-0.1, -0.05) is 0 Å². The summed E-state index contributed by atoms with van der Waals surface area (Å²) in [6, 6.07) is 1.82. The van der Waals surface area contributed by atoms with Crippen LogP contribution in [-0.2, 0) is 14.3 Å². The fourth-order valence-corrected chi connectivity index (χ4v) is 3.42. The molecule has 2 saturated heterocycles. The van der Waals surface area contributed by atoms with E-state index in [1.54, 1.807) is 12.4 Å². The van der Waals surface area contributed by atoms with Gasteiger partial charge in [0.25, 0.3) is 0 Å². The summed E-state index contributed by atoms with van der Waals surface area (Å²) >= 11 is 0. The number of nitrogens with one attached hydrogen (secondary N) is 1. The van der Waals surface area contributed by atoms with Crippen molar-refractivity contribution in [1.82, 2.24) is 15.3 Å². The van der Waals surface area contributed by atoms with Crippen molar-refractivity contribution >= 4 is 17.8 Å². The van der Waals surface area contributed by atoms with E-state index in [0.717, 1.165) is 38.4 Å². The van der Waals surface area contributed by atoms with Crippen LogP contribution in [0.1, 0.15) is 25.7 Å². The van der Waals surface area contributed by atoms with Gasteiger partial charge in [0.2, 0.25) is 11.9 Å². The molecule has 8 nitrogen and oxygen atoms in total. The van der Waals surface area contributed by atoms with Gasteiger partial charge in [0.15, 0.2) is 0 Å². The maximum absolute atomic E-state index is 12.2. The standard InChI is InChI=1S/C16H22N4O2.C2HF3O2/c21-15(19-9-11-2-3-11)13-8-12-4-7-20(10-14(12)22-13)16-17-5-1-6-18-16;3-2(4,5)1(6)7/h1,5-6,11-14H,2-4,7-10H2,(H,19,21);(H,6,7)/t12-,13-,14-;/m0./s1. The number of rotatable bonds is 4. The SMILES string of the molecule is O=C(NCC1CC1)[C@@H]1C[C@@H]2CCN(c3ncccn3)C[C@@H]2O1.O=C(O)C(F)(F)F. The van der Waals surface area contributed by atoms with Crippen LogP contribution in [-0.4, -0.2) is 65.0 Å². The molecule has 0 radical (unpaired) electrons. The van der Waals surface area contributed by atoms with Gasteiger partial charge in [0.05, 0.1) is 6.10 Å². The summed E-state index contributed by atoms with van der Waals surface area (Å²) in [6.07, 6.45) is 2.68. The van der Waals surface area contributed by atoms with Gasteiger partial charge in [-0.3, -0.25) is 4.79 Å². The highest BCUT2D eigenvalue weighted by Crippen LogP contribution is 2.34. The van der Waals surface area contributed by atoms with Crippen molar-refractivity contribution in [2.75, 3.05) is 24.5 Å². The molecule has 1 aromatic heterocycles. The number of carboxylic acid groups (broad SMARTS) is 1. The zero-order valence-electron chi connectivity index (χ0n) is 15.6. The van der Waals surface area contributed by atoms with Gasteiger partial charge in [-0.25, -0.2) is 14.8 Å². The van der Waals surface area contributed by atoms with Gasteiger partial charge in [-0.05, 0) is 43.6 Å². The molecular formula is C18H23F3N4O4. The highest BCUT2D eigenvalue weighted by molar-refractivity contribution is 5.81.